The summed E-state index contributed by atoms with van der Waals surface area (Å²) in [6.45, 7) is 6.34. The van der Waals surface area contributed by atoms with E-state index < -0.39 is 23.4 Å². The Labute approximate surface area is 252 Å². The van der Waals surface area contributed by atoms with Gasteiger partial charge in [-0.15, -0.1) is 16.4 Å². The topological polar surface area (TPSA) is 91.0 Å². The average molecular weight is 548 g/mol. The van der Waals surface area contributed by atoms with E-state index in [2.05, 4.69) is 10.2 Å². The fourth-order valence-electron chi connectivity index (χ4n) is 3.44. The Bertz CT molecular complexity index is 1250. The van der Waals surface area contributed by atoms with Crippen molar-refractivity contribution >= 4 is 86.6 Å². The molecule has 188 valence electrons. The summed E-state index contributed by atoms with van der Waals surface area (Å²) >= 11 is 0.995. The zero-order valence-corrected chi connectivity index (χ0v) is 20.3. The van der Waals surface area contributed by atoms with Gasteiger partial charge in [-0.2, -0.15) is 23.3 Å². The molecule has 2 aromatic heterocycles. The molecule has 0 aliphatic rings. The first-order chi connectivity index (χ1) is 16.5. The van der Waals surface area contributed by atoms with E-state index in [0.29, 0.717) is 18.0 Å². The molecule has 2 amide bonds. The van der Waals surface area contributed by atoms with Gasteiger partial charge in [0.25, 0.3) is 11.8 Å². The first kappa shape index (κ1) is 30.2. The van der Waals surface area contributed by atoms with Gasteiger partial charge in [0.2, 0.25) is 5.82 Å². The number of alkyl halides is 3. The summed E-state index contributed by atoms with van der Waals surface area (Å²) in [6, 6.07) is 7.27. The second-order valence-electron chi connectivity index (χ2n) is 7.35. The van der Waals surface area contributed by atoms with Crippen LogP contribution < -0.4 is 5.01 Å². The van der Waals surface area contributed by atoms with Crippen molar-refractivity contribution in [3.8, 4) is 17.0 Å². The number of benzene rings is 1. The molecule has 13 heteroatoms. The van der Waals surface area contributed by atoms with Gasteiger partial charge in [-0.25, -0.2) is 0 Å². The minimum atomic E-state index is -4.50. The Morgan fingerprint density at radius 1 is 1.08 bits per heavy atom. The van der Waals surface area contributed by atoms with E-state index in [0.717, 1.165) is 28.5 Å². The molecule has 0 aliphatic heterocycles. The van der Waals surface area contributed by atoms with Crippen molar-refractivity contribution in [3.63, 3.8) is 0 Å². The third kappa shape index (κ3) is 6.26. The van der Waals surface area contributed by atoms with Crippen molar-refractivity contribution < 1.29 is 27.9 Å². The number of amides is 2. The molecular weight excluding hydrogens is 522 g/mol. The number of halogens is 3. The number of carbonyl (C=O) groups is 2. The van der Waals surface area contributed by atoms with Gasteiger partial charge < -0.3 is 10.0 Å². The molecule has 0 bridgehead atoms. The Balaban J connectivity index is 0.00000456. The van der Waals surface area contributed by atoms with Crippen molar-refractivity contribution in [2.45, 2.75) is 26.9 Å². The number of rotatable bonds is 7. The average Bonchev–Trinajstić information content (AvgIpc) is 3.42. The van der Waals surface area contributed by atoms with E-state index in [4.69, 9.17) is 0 Å². The van der Waals surface area contributed by atoms with E-state index in [1.54, 1.807) is 17.9 Å². The SMILES string of the molecule is CC=NN(C(=O)c1ccc(C(=O)N(CC)CC)s1)c1nn(C)c(-c2ccc(C(F)(F)F)cc2)c1O.[KH]. The summed E-state index contributed by atoms with van der Waals surface area (Å²) in [5, 5.41) is 20.0. The van der Waals surface area contributed by atoms with Crippen LogP contribution in [0, 0.1) is 0 Å². The summed E-state index contributed by atoms with van der Waals surface area (Å²) in [5.41, 5.74) is -0.447. The van der Waals surface area contributed by atoms with Crippen molar-refractivity contribution in [1.29, 1.82) is 0 Å². The number of aryl methyl sites for hydroxylation is 1. The predicted molar refractivity (Wildman–Crippen MR) is 135 cm³/mol. The molecule has 1 N–H and O–H groups in total. The molecule has 0 saturated carbocycles. The first-order valence-electron chi connectivity index (χ1n) is 10.7. The van der Waals surface area contributed by atoms with Gasteiger partial charge in [0.1, 0.15) is 5.69 Å². The number of aromatic hydroxyl groups is 1. The van der Waals surface area contributed by atoms with Crippen molar-refractivity contribution in [3.05, 3.63) is 51.7 Å². The number of nitrogens with zero attached hydrogens (tertiary/aromatic N) is 5. The van der Waals surface area contributed by atoms with Gasteiger partial charge in [-0.05, 0) is 45.0 Å². The fourth-order valence-corrected chi connectivity index (χ4v) is 4.34. The molecule has 2 heterocycles. The zero-order valence-electron chi connectivity index (χ0n) is 19.5. The van der Waals surface area contributed by atoms with Crippen LogP contribution in [0.3, 0.4) is 0 Å². The second-order valence-corrected chi connectivity index (χ2v) is 8.44. The normalized spacial score (nSPS) is 11.4. The summed E-state index contributed by atoms with van der Waals surface area (Å²) in [6.07, 6.45) is -3.16. The molecule has 0 aliphatic carbocycles. The number of hydrazone groups is 1. The molecule has 0 fully saturated rings. The standard InChI is InChI=1S/C23H24F3N5O3S.K.H/c1-5-27-31(22(34)17-13-12-16(35-17)21(33)30(6-2)7-3)20-19(32)18(29(4)28-20)14-8-10-15(11-9-14)23(24,25)26;;/h5,8-13,32H,6-7H2,1-4H3;;. The molecule has 3 aromatic rings. The Morgan fingerprint density at radius 2 is 1.64 bits per heavy atom. The number of aromatic nitrogens is 2. The third-order valence-corrected chi connectivity index (χ3v) is 6.25. The molecule has 0 radical (unpaired) electrons. The van der Waals surface area contributed by atoms with Crippen LogP contribution in [-0.2, 0) is 13.2 Å². The molecule has 36 heavy (non-hydrogen) atoms. The minimum absolute atomic E-state index is 0. The van der Waals surface area contributed by atoms with E-state index >= 15 is 0 Å². The number of anilines is 1. The van der Waals surface area contributed by atoms with Gasteiger partial charge in [-0.1, -0.05) is 12.1 Å². The first-order valence-corrected chi connectivity index (χ1v) is 11.5. The van der Waals surface area contributed by atoms with Gasteiger partial charge in [0.05, 0.1) is 15.3 Å². The van der Waals surface area contributed by atoms with E-state index in [9.17, 15) is 27.9 Å². The van der Waals surface area contributed by atoms with Crippen LogP contribution in [0.4, 0.5) is 19.0 Å². The van der Waals surface area contributed by atoms with Crippen molar-refractivity contribution in [1.82, 2.24) is 14.7 Å². The van der Waals surface area contributed by atoms with Gasteiger partial charge in [0.15, 0.2) is 5.75 Å². The van der Waals surface area contributed by atoms with Gasteiger partial charge in [0, 0.05) is 31.9 Å². The predicted octanol–water partition coefficient (Wildman–Crippen LogP) is 4.36. The van der Waals surface area contributed by atoms with Crippen molar-refractivity contribution in [2.75, 3.05) is 18.1 Å². The Morgan fingerprint density at radius 3 is 2.14 bits per heavy atom. The number of hydrogen-bond donors (Lipinski definition) is 1. The Hall–Kier alpha value is -2.03. The van der Waals surface area contributed by atoms with Crippen LogP contribution in [0.2, 0.25) is 0 Å². The third-order valence-electron chi connectivity index (χ3n) is 5.19. The van der Waals surface area contributed by atoms with E-state index in [-0.39, 0.29) is 79.2 Å². The fraction of sp³-hybridized carbons (Fsp3) is 0.304. The quantitative estimate of drug-likeness (QED) is 0.270. The van der Waals surface area contributed by atoms with Crippen LogP contribution >= 0.6 is 11.3 Å². The molecule has 3 rings (SSSR count). The van der Waals surface area contributed by atoms with Gasteiger partial charge in [-0.3, -0.25) is 14.3 Å². The number of carbonyl (C=O) groups excluding carboxylic acids is 2. The van der Waals surface area contributed by atoms with Crippen LogP contribution in [0.1, 0.15) is 45.7 Å². The van der Waals surface area contributed by atoms with E-state index in [1.807, 2.05) is 13.8 Å². The van der Waals surface area contributed by atoms with Crippen molar-refractivity contribution in [2.24, 2.45) is 12.1 Å². The van der Waals surface area contributed by atoms with Crippen LogP contribution in [0.5, 0.6) is 5.75 Å². The zero-order chi connectivity index (χ0) is 25.9. The molecule has 0 saturated heterocycles. The summed E-state index contributed by atoms with van der Waals surface area (Å²) in [5.74, 6) is -1.45. The van der Waals surface area contributed by atoms with Gasteiger partial charge >= 0.3 is 57.6 Å². The molecule has 0 atom stereocenters. The molecular formula is C23H25F3KN5O3S. The van der Waals surface area contributed by atoms with E-state index in [1.165, 1.54) is 36.1 Å². The molecule has 0 unspecified atom stereocenters. The van der Waals surface area contributed by atoms with Crippen LogP contribution in [-0.4, -0.2) is 102 Å². The maximum atomic E-state index is 13.3. The van der Waals surface area contributed by atoms with Crippen LogP contribution in [0.25, 0.3) is 11.3 Å². The summed E-state index contributed by atoms with van der Waals surface area (Å²) in [4.78, 5) is 28.1. The number of thiophene rings is 1. The monoisotopic (exact) mass is 547 g/mol. The second kappa shape index (κ2) is 12.5. The van der Waals surface area contributed by atoms with Crippen LogP contribution in [0.15, 0.2) is 41.5 Å². The summed E-state index contributed by atoms with van der Waals surface area (Å²) in [7, 11) is 1.49. The number of hydrogen-bond acceptors (Lipinski definition) is 6. The summed E-state index contributed by atoms with van der Waals surface area (Å²) < 4.78 is 40.0. The Kier molecular flexibility index (Phi) is 10.5. The molecule has 0 spiro atoms. The molecule has 8 nitrogen and oxygen atoms in total. The maximum absolute atomic E-state index is 13.3. The molecule has 1 aromatic carbocycles.